The molecule has 154 valence electrons. The van der Waals surface area contributed by atoms with Gasteiger partial charge in [-0.25, -0.2) is 4.98 Å². The number of para-hydroxylation sites is 1. The standard InChI is InChI=1S/C22H28N4O2S/c1-15-8-10-26(11-9-15)13-18-14-29-22(23-18)25-20(27)7-6-17-12-16-4-2-3-5-19(16)24-21(17)28/h2-5,14-15,17H,6-13H2,1H3,(H,24,28)(H,23,25,27). The fourth-order valence-corrected chi connectivity index (χ4v) is 4.74. The fraction of sp³-hybridized carbons (Fsp3) is 0.500. The zero-order valence-corrected chi connectivity index (χ0v) is 17.6. The topological polar surface area (TPSA) is 74.3 Å². The second-order valence-electron chi connectivity index (χ2n) is 8.24. The van der Waals surface area contributed by atoms with E-state index in [1.165, 1.54) is 24.2 Å². The molecule has 1 aromatic carbocycles. The van der Waals surface area contributed by atoms with Crippen molar-refractivity contribution in [2.45, 2.75) is 45.6 Å². The molecule has 1 unspecified atom stereocenters. The van der Waals surface area contributed by atoms with E-state index in [1.54, 1.807) is 0 Å². The summed E-state index contributed by atoms with van der Waals surface area (Å²) in [7, 11) is 0. The van der Waals surface area contributed by atoms with Gasteiger partial charge < -0.3 is 10.6 Å². The maximum absolute atomic E-state index is 12.4. The number of aromatic nitrogens is 1. The van der Waals surface area contributed by atoms with Crippen LogP contribution in [0.2, 0.25) is 0 Å². The van der Waals surface area contributed by atoms with Crippen LogP contribution in [0.15, 0.2) is 29.6 Å². The molecule has 6 nitrogen and oxygen atoms in total. The smallest absolute Gasteiger partial charge is 0.227 e. The molecule has 0 aliphatic carbocycles. The van der Waals surface area contributed by atoms with Crippen LogP contribution in [-0.2, 0) is 22.6 Å². The maximum Gasteiger partial charge on any atom is 0.227 e. The average Bonchev–Trinajstić information content (AvgIpc) is 3.14. The summed E-state index contributed by atoms with van der Waals surface area (Å²) in [6.07, 6.45) is 4.03. The van der Waals surface area contributed by atoms with E-state index in [2.05, 4.69) is 27.4 Å². The van der Waals surface area contributed by atoms with Crippen LogP contribution in [0.3, 0.4) is 0 Å². The first-order valence-corrected chi connectivity index (χ1v) is 11.3. The number of anilines is 2. The number of thiazole rings is 1. The number of amides is 2. The Hall–Kier alpha value is -2.25. The lowest BCUT2D eigenvalue weighted by Crippen LogP contribution is -2.32. The third-order valence-corrected chi connectivity index (χ3v) is 6.70. The molecule has 2 aliphatic rings. The highest BCUT2D eigenvalue weighted by atomic mass is 32.1. The molecule has 3 heterocycles. The van der Waals surface area contributed by atoms with Gasteiger partial charge in [-0.1, -0.05) is 25.1 Å². The Morgan fingerprint density at radius 2 is 2.10 bits per heavy atom. The molecule has 29 heavy (non-hydrogen) atoms. The van der Waals surface area contributed by atoms with Crippen molar-refractivity contribution >= 4 is 34.0 Å². The maximum atomic E-state index is 12.4. The number of hydrogen-bond donors (Lipinski definition) is 2. The first-order chi connectivity index (χ1) is 14.1. The van der Waals surface area contributed by atoms with Gasteiger partial charge in [-0.05, 0) is 56.3 Å². The zero-order valence-electron chi connectivity index (χ0n) is 16.8. The Kier molecular flexibility index (Phi) is 6.25. The van der Waals surface area contributed by atoms with Crippen LogP contribution in [0, 0.1) is 11.8 Å². The van der Waals surface area contributed by atoms with Crippen LogP contribution < -0.4 is 10.6 Å². The molecule has 2 aromatic rings. The molecule has 0 bridgehead atoms. The average molecular weight is 413 g/mol. The van der Waals surface area contributed by atoms with Crippen LogP contribution in [-0.4, -0.2) is 34.8 Å². The monoisotopic (exact) mass is 412 g/mol. The van der Waals surface area contributed by atoms with E-state index in [4.69, 9.17) is 0 Å². The number of nitrogens with zero attached hydrogens (tertiary/aromatic N) is 2. The normalized spacial score (nSPS) is 20.2. The summed E-state index contributed by atoms with van der Waals surface area (Å²) < 4.78 is 0. The minimum atomic E-state index is -0.163. The minimum absolute atomic E-state index is 0.00360. The quantitative estimate of drug-likeness (QED) is 0.755. The number of carbonyl (C=O) groups excluding carboxylic acids is 2. The molecule has 1 fully saturated rings. The highest BCUT2D eigenvalue weighted by Crippen LogP contribution is 2.28. The number of carbonyl (C=O) groups is 2. The number of fused-ring (bicyclic) bond motifs is 1. The number of hydrogen-bond acceptors (Lipinski definition) is 5. The Labute approximate surface area is 175 Å². The van der Waals surface area contributed by atoms with Crippen molar-refractivity contribution in [2.75, 3.05) is 23.7 Å². The number of nitrogens with one attached hydrogen (secondary N) is 2. The third kappa shape index (κ3) is 5.22. The summed E-state index contributed by atoms with van der Waals surface area (Å²) in [5, 5.41) is 8.52. The Balaban J connectivity index is 1.24. The van der Waals surface area contributed by atoms with E-state index >= 15 is 0 Å². The SMILES string of the molecule is CC1CCN(Cc2csc(NC(=O)CCC3Cc4ccccc4NC3=O)n2)CC1. The molecule has 4 rings (SSSR count). The van der Waals surface area contributed by atoms with Crippen molar-refractivity contribution < 1.29 is 9.59 Å². The summed E-state index contributed by atoms with van der Waals surface area (Å²) >= 11 is 1.47. The predicted molar refractivity (Wildman–Crippen MR) is 116 cm³/mol. The zero-order chi connectivity index (χ0) is 20.2. The van der Waals surface area contributed by atoms with Crippen molar-refractivity contribution in [3.8, 4) is 0 Å². The van der Waals surface area contributed by atoms with Crippen molar-refractivity contribution in [2.24, 2.45) is 11.8 Å². The molecular weight excluding hydrogens is 384 g/mol. The lowest BCUT2D eigenvalue weighted by Gasteiger charge is -2.29. The van der Waals surface area contributed by atoms with E-state index in [0.29, 0.717) is 24.4 Å². The lowest BCUT2D eigenvalue weighted by molar-refractivity contribution is -0.121. The van der Waals surface area contributed by atoms with Gasteiger partial charge in [0.1, 0.15) is 0 Å². The minimum Gasteiger partial charge on any atom is -0.326 e. The molecule has 2 N–H and O–H groups in total. The van der Waals surface area contributed by atoms with Gasteiger partial charge in [-0.3, -0.25) is 14.5 Å². The molecular formula is C22H28N4O2S. The summed E-state index contributed by atoms with van der Waals surface area (Å²) in [6, 6.07) is 7.84. The Bertz CT molecular complexity index is 873. The number of piperidine rings is 1. The van der Waals surface area contributed by atoms with Crippen LogP contribution >= 0.6 is 11.3 Å². The Morgan fingerprint density at radius 1 is 1.31 bits per heavy atom. The molecule has 1 atom stereocenters. The molecule has 1 aromatic heterocycles. The number of benzene rings is 1. The van der Waals surface area contributed by atoms with Gasteiger partial charge in [-0.15, -0.1) is 11.3 Å². The predicted octanol–water partition coefficient (Wildman–Crippen LogP) is 3.90. The Morgan fingerprint density at radius 3 is 2.93 bits per heavy atom. The van der Waals surface area contributed by atoms with Crippen molar-refractivity contribution in [3.63, 3.8) is 0 Å². The van der Waals surface area contributed by atoms with Crippen molar-refractivity contribution in [1.82, 2.24) is 9.88 Å². The molecule has 0 saturated carbocycles. The van der Waals surface area contributed by atoms with Gasteiger partial charge >= 0.3 is 0 Å². The second-order valence-corrected chi connectivity index (χ2v) is 9.10. The molecule has 7 heteroatoms. The van der Waals surface area contributed by atoms with E-state index in [9.17, 15) is 9.59 Å². The van der Waals surface area contributed by atoms with E-state index in [0.717, 1.165) is 42.5 Å². The summed E-state index contributed by atoms with van der Waals surface area (Å²) in [4.78, 5) is 31.6. The summed E-state index contributed by atoms with van der Waals surface area (Å²) in [5.41, 5.74) is 3.04. The van der Waals surface area contributed by atoms with Gasteiger partial charge in [0.15, 0.2) is 5.13 Å². The van der Waals surface area contributed by atoms with E-state index in [-0.39, 0.29) is 17.7 Å². The van der Waals surface area contributed by atoms with Crippen molar-refractivity contribution in [3.05, 3.63) is 40.9 Å². The molecule has 2 aliphatic heterocycles. The van der Waals surface area contributed by atoms with E-state index < -0.39 is 0 Å². The van der Waals surface area contributed by atoms with Gasteiger partial charge in [0.2, 0.25) is 11.8 Å². The lowest BCUT2D eigenvalue weighted by atomic mass is 9.89. The second kappa shape index (κ2) is 9.05. The van der Waals surface area contributed by atoms with Crippen LogP contribution in [0.4, 0.5) is 10.8 Å². The number of rotatable bonds is 6. The summed E-state index contributed by atoms with van der Waals surface area (Å²) in [6.45, 7) is 5.39. The largest absolute Gasteiger partial charge is 0.326 e. The molecule has 0 radical (unpaired) electrons. The van der Waals surface area contributed by atoms with Crippen LogP contribution in [0.25, 0.3) is 0 Å². The van der Waals surface area contributed by atoms with Crippen LogP contribution in [0.1, 0.15) is 43.9 Å². The van der Waals surface area contributed by atoms with Gasteiger partial charge in [0.25, 0.3) is 0 Å². The highest BCUT2D eigenvalue weighted by molar-refractivity contribution is 7.13. The third-order valence-electron chi connectivity index (χ3n) is 5.89. The first-order valence-electron chi connectivity index (χ1n) is 10.4. The van der Waals surface area contributed by atoms with Gasteiger partial charge in [-0.2, -0.15) is 0 Å². The highest BCUT2D eigenvalue weighted by Gasteiger charge is 2.26. The fourth-order valence-electron chi connectivity index (χ4n) is 4.02. The van der Waals surface area contributed by atoms with Crippen molar-refractivity contribution in [1.29, 1.82) is 0 Å². The molecule has 2 amide bonds. The van der Waals surface area contributed by atoms with Gasteiger partial charge in [0, 0.05) is 30.0 Å². The molecule has 1 saturated heterocycles. The van der Waals surface area contributed by atoms with Gasteiger partial charge in [0.05, 0.1) is 5.69 Å². The first kappa shape index (κ1) is 20.0. The van der Waals surface area contributed by atoms with Crippen LogP contribution in [0.5, 0.6) is 0 Å². The summed E-state index contributed by atoms with van der Waals surface area (Å²) in [5.74, 6) is 0.577. The molecule has 0 spiro atoms. The number of likely N-dealkylation sites (tertiary alicyclic amines) is 1. The van der Waals surface area contributed by atoms with E-state index in [1.807, 2.05) is 29.6 Å².